The van der Waals surface area contributed by atoms with Crippen LogP contribution in [0.4, 0.5) is 0 Å². The second kappa shape index (κ2) is 8.22. The van der Waals surface area contributed by atoms with E-state index < -0.39 is 0 Å². The zero-order valence-electron chi connectivity index (χ0n) is 11.7. The molecule has 0 N–H and O–H groups in total. The van der Waals surface area contributed by atoms with E-state index in [9.17, 15) is 4.79 Å². The predicted octanol–water partition coefficient (Wildman–Crippen LogP) is 4.73. The van der Waals surface area contributed by atoms with Crippen LogP contribution in [0.2, 0.25) is 0 Å². The molecule has 2 nitrogen and oxygen atoms in total. The summed E-state index contributed by atoms with van der Waals surface area (Å²) in [4.78, 5) is 16.8. The number of hydrogen-bond acceptors (Lipinski definition) is 3. The quantitative estimate of drug-likeness (QED) is 0.645. The van der Waals surface area contributed by atoms with E-state index in [4.69, 9.17) is 0 Å². The molecule has 2 rings (SSSR count). The van der Waals surface area contributed by atoms with Gasteiger partial charge in [0.15, 0.2) is 0 Å². The van der Waals surface area contributed by atoms with Gasteiger partial charge in [0.1, 0.15) is 0 Å². The summed E-state index contributed by atoms with van der Waals surface area (Å²) in [7, 11) is 0. The van der Waals surface area contributed by atoms with Gasteiger partial charge in [-0.15, -0.1) is 22.7 Å². The fourth-order valence-electron chi connectivity index (χ4n) is 1.95. The molecular weight excluding hydrogens is 286 g/mol. The number of carbonyl (C=O) groups excluding carboxylic acids is 1. The summed E-state index contributed by atoms with van der Waals surface area (Å²) >= 11 is 3.41. The summed E-state index contributed by atoms with van der Waals surface area (Å²) in [5.41, 5.74) is 0. The lowest BCUT2D eigenvalue weighted by atomic mass is 10.2. The van der Waals surface area contributed by atoms with Gasteiger partial charge in [-0.2, -0.15) is 0 Å². The molecule has 0 spiro atoms. The summed E-state index contributed by atoms with van der Waals surface area (Å²) < 4.78 is 0. The Morgan fingerprint density at radius 3 is 2.20 bits per heavy atom. The number of unbranched alkanes of at least 4 members (excludes halogenated alkanes) is 2. The normalized spacial score (nSPS) is 10.7. The maximum Gasteiger partial charge on any atom is 0.227 e. The highest BCUT2D eigenvalue weighted by Gasteiger charge is 2.15. The number of hydrogen-bond donors (Lipinski definition) is 0. The van der Waals surface area contributed by atoms with Crippen LogP contribution in [0.3, 0.4) is 0 Å². The molecule has 1 radical (unpaired) electrons. The van der Waals surface area contributed by atoms with Crippen molar-refractivity contribution in [2.45, 2.75) is 39.3 Å². The van der Waals surface area contributed by atoms with Crippen LogP contribution in [0, 0.1) is 6.42 Å². The van der Waals surface area contributed by atoms with E-state index in [0.717, 1.165) is 19.3 Å². The first-order chi connectivity index (χ1) is 9.79. The Bertz CT molecular complexity index is 454. The fraction of sp³-hybridized carbons (Fsp3) is 0.375. The Labute approximate surface area is 129 Å². The average molecular weight is 306 g/mol. The molecule has 0 saturated carbocycles. The lowest BCUT2D eigenvalue weighted by Gasteiger charge is -2.21. The molecule has 0 fully saturated rings. The SMILES string of the molecule is CCCC[CH]C(=O)N(Cc1cccs1)Cc1cccs1. The van der Waals surface area contributed by atoms with E-state index in [1.54, 1.807) is 22.7 Å². The van der Waals surface area contributed by atoms with Crippen LogP contribution in [0.1, 0.15) is 35.9 Å². The van der Waals surface area contributed by atoms with Crippen LogP contribution < -0.4 is 0 Å². The molecule has 2 aromatic rings. The van der Waals surface area contributed by atoms with Crippen molar-refractivity contribution >= 4 is 28.6 Å². The molecule has 107 valence electrons. The van der Waals surface area contributed by atoms with Gasteiger partial charge in [0.25, 0.3) is 0 Å². The lowest BCUT2D eigenvalue weighted by molar-refractivity contribution is -0.128. The summed E-state index contributed by atoms with van der Waals surface area (Å²) in [6.07, 6.45) is 4.92. The van der Waals surface area contributed by atoms with Gasteiger partial charge in [0.2, 0.25) is 5.91 Å². The van der Waals surface area contributed by atoms with E-state index in [0.29, 0.717) is 13.1 Å². The van der Waals surface area contributed by atoms with Gasteiger partial charge in [0.05, 0.1) is 13.1 Å². The molecule has 0 bridgehead atoms. The third-order valence-electron chi connectivity index (χ3n) is 3.04. The molecule has 0 saturated heterocycles. The van der Waals surface area contributed by atoms with Crippen molar-refractivity contribution in [2.75, 3.05) is 0 Å². The van der Waals surface area contributed by atoms with E-state index >= 15 is 0 Å². The molecular formula is C16H20NOS2. The second-order valence-electron chi connectivity index (χ2n) is 4.70. The van der Waals surface area contributed by atoms with Crippen molar-refractivity contribution in [2.24, 2.45) is 0 Å². The third-order valence-corrected chi connectivity index (χ3v) is 4.76. The van der Waals surface area contributed by atoms with Gasteiger partial charge in [-0.1, -0.05) is 31.9 Å². The number of nitrogens with zero attached hydrogens (tertiary/aromatic N) is 1. The molecule has 0 aliphatic heterocycles. The first kappa shape index (κ1) is 15.3. The van der Waals surface area contributed by atoms with Crippen molar-refractivity contribution in [1.29, 1.82) is 0 Å². The summed E-state index contributed by atoms with van der Waals surface area (Å²) in [6.45, 7) is 3.56. The number of carbonyl (C=O) groups is 1. The Hall–Kier alpha value is -1.13. The van der Waals surface area contributed by atoms with Crippen LogP contribution in [0.15, 0.2) is 35.0 Å². The third kappa shape index (κ3) is 4.76. The summed E-state index contributed by atoms with van der Waals surface area (Å²) in [6, 6.07) is 8.25. The molecule has 0 atom stereocenters. The molecule has 0 aromatic carbocycles. The minimum absolute atomic E-state index is 0.153. The molecule has 1 amide bonds. The van der Waals surface area contributed by atoms with Crippen molar-refractivity contribution in [1.82, 2.24) is 4.90 Å². The Morgan fingerprint density at radius 1 is 1.15 bits per heavy atom. The second-order valence-corrected chi connectivity index (χ2v) is 6.76. The van der Waals surface area contributed by atoms with Gasteiger partial charge in [0, 0.05) is 16.2 Å². The molecule has 4 heteroatoms. The lowest BCUT2D eigenvalue weighted by Crippen LogP contribution is -2.29. The molecule has 0 aliphatic rings. The molecule has 20 heavy (non-hydrogen) atoms. The average Bonchev–Trinajstić information content (AvgIpc) is 3.11. The highest BCUT2D eigenvalue weighted by atomic mass is 32.1. The summed E-state index contributed by atoms with van der Waals surface area (Å²) in [5, 5.41) is 4.12. The molecule has 0 aliphatic carbocycles. The first-order valence-corrected chi connectivity index (χ1v) is 8.72. The minimum atomic E-state index is 0.153. The predicted molar refractivity (Wildman–Crippen MR) is 86.7 cm³/mol. The van der Waals surface area contributed by atoms with Gasteiger partial charge in [-0.3, -0.25) is 4.79 Å². The van der Waals surface area contributed by atoms with E-state index in [1.807, 2.05) is 23.5 Å². The molecule has 0 unspecified atom stereocenters. The Balaban J connectivity index is 1.97. The Kier molecular flexibility index (Phi) is 6.27. The van der Waals surface area contributed by atoms with Crippen LogP contribution >= 0.6 is 22.7 Å². The van der Waals surface area contributed by atoms with Gasteiger partial charge in [-0.05, 0) is 29.3 Å². The monoisotopic (exact) mass is 306 g/mol. The van der Waals surface area contributed by atoms with Crippen LogP contribution in [0.25, 0.3) is 0 Å². The van der Waals surface area contributed by atoms with Crippen molar-refractivity contribution in [3.8, 4) is 0 Å². The first-order valence-electron chi connectivity index (χ1n) is 6.96. The van der Waals surface area contributed by atoms with Crippen LogP contribution in [-0.4, -0.2) is 10.8 Å². The number of rotatable bonds is 8. The van der Waals surface area contributed by atoms with E-state index in [2.05, 4.69) is 29.8 Å². The maximum atomic E-state index is 12.4. The van der Waals surface area contributed by atoms with Crippen LogP contribution in [-0.2, 0) is 17.9 Å². The van der Waals surface area contributed by atoms with Crippen molar-refractivity contribution < 1.29 is 4.79 Å². The highest BCUT2D eigenvalue weighted by molar-refractivity contribution is 7.10. The van der Waals surface area contributed by atoms with Crippen molar-refractivity contribution in [3.63, 3.8) is 0 Å². The minimum Gasteiger partial charge on any atom is -0.332 e. The fourth-order valence-corrected chi connectivity index (χ4v) is 3.39. The maximum absolute atomic E-state index is 12.4. The molecule has 2 aromatic heterocycles. The molecule has 2 heterocycles. The van der Waals surface area contributed by atoms with E-state index in [-0.39, 0.29) is 5.91 Å². The zero-order chi connectivity index (χ0) is 14.2. The topological polar surface area (TPSA) is 20.3 Å². The van der Waals surface area contributed by atoms with Crippen molar-refractivity contribution in [3.05, 3.63) is 51.2 Å². The number of amides is 1. The Morgan fingerprint density at radius 2 is 1.75 bits per heavy atom. The van der Waals surface area contributed by atoms with Crippen LogP contribution in [0.5, 0.6) is 0 Å². The zero-order valence-corrected chi connectivity index (χ0v) is 13.4. The summed E-state index contributed by atoms with van der Waals surface area (Å²) in [5.74, 6) is 0.153. The number of thiophene rings is 2. The largest absolute Gasteiger partial charge is 0.332 e. The van der Waals surface area contributed by atoms with Gasteiger partial charge in [-0.25, -0.2) is 0 Å². The van der Waals surface area contributed by atoms with Gasteiger partial charge >= 0.3 is 0 Å². The van der Waals surface area contributed by atoms with Gasteiger partial charge < -0.3 is 4.90 Å². The highest BCUT2D eigenvalue weighted by Crippen LogP contribution is 2.18. The standard InChI is InChI=1S/C16H20NOS2/c1-2-3-4-9-16(18)17(12-14-7-5-10-19-14)13-15-8-6-11-20-15/h5-11H,2-4,12-13H2,1H3. The smallest absolute Gasteiger partial charge is 0.227 e. The van der Waals surface area contributed by atoms with E-state index in [1.165, 1.54) is 9.75 Å².